The van der Waals surface area contributed by atoms with E-state index in [2.05, 4.69) is 5.87 Å². The van der Waals surface area contributed by atoms with E-state index in [9.17, 15) is 0 Å². The van der Waals surface area contributed by atoms with Crippen molar-refractivity contribution in [1.82, 2.24) is 0 Å². The Morgan fingerprint density at radius 1 is 1.25 bits per heavy atom. The molecule has 0 fully saturated rings. The molecule has 0 saturated heterocycles. The second-order valence-corrected chi connectivity index (χ2v) is 2.18. The van der Waals surface area contributed by atoms with Crippen molar-refractivity contribution in [2.45, 2.75) is 18.8 Å². The van der Waals surface area contributed by atoms with E-state index in [4.69, 9.17) is 19.6 Å². The topological polar surface area (TPSA) is 51.5 Å². The molecule has 0 bridgehead atoms. The molecule has 0 atom stereocenters. The summed E-state index contributed by atoms with van der Waals surface area (Å²) in [6.07, 6.45) is 2.77. The number of ether oxygens (including phenoxy) is 3. The van der Waals surface area contributed by atoms with Gasteiger partial charge in [-0.15, -0.1) is 0 Å². The third-order valence-electron chi connectivity index (χ3n) is 1.63. The Hall–Kier alpha value is -0.670. The van der Waals surface area contributed by atoms with Crippen LogP contribution in [-0.2, 0) is 14.2 Å². The van der Waals surface area contributed by atoms with Gasteiger partial charge < -0.3 is 14.2 Å². The van der Waals surface area contributed by atoms with Gasteiger partial charge in [0.15, 0.2) is 0 Å². The molecule has 0 aromatic carbocycles. The van der Waals surface area contributed by atoms with Crippen LogP contribution in [0.25, 0.3) is 0 Å². The highest BCUT2D eigenvalue weighted by Crippen LogP contribution is 2.18. The number of allylic oxidation sites excluding steroid dienone is 1. The quantitative estimate of drug-likeness (QED) is 0.484. The standard InChI is InChI=1S/C8H15NO3/c1-10-8(11-2,12-3)6-4-5-7-9/h5,9H,4,6H2,1-3H3. The van der Waals surface area contributed by atoms with Gasteiger partial charge in [0.05, 0.1) is 0 Å². The van der Waals surface area contributed by atoms with Crippen LogP contribution in [0.1, 0.15) is 12.8 Å². The average molecular weight is 173 g/mol. The van der Waals surface area contributed by atoms with Crippen LogP contribution >= 0.6 is 0 Å². The van der Waals surface area contributed by atoms with E-state index in [-0.39, 0.29) is 0 Å². The fourth-order valence-electron chi connectivity index (χ4n) is 0.877. The Morgan fingerprint density at radius 3 is 2.08 bits per heavy atom. The van der Waals surface area contributed by atoms with E-state index < -0.39 is 5.97 Å². The Balaban J connectivity index is 4.00. The van der Waals surface area contributed by atoms with Crippen LogP contribution in [0.3, 0.4) is 0 Å². The molecule has 0 heterocycles. The largest absolute Gasteiger partial charge is 0.331 e. The molecule has 0 saturated carbocycles. The minimum atomic E-state index is -0.979. The van der Waals surface area contributed by atoms with Gasteiger partial charge in [-0.25, -0.2) is 0 Å². The summed E-state index contributed by atoms with van der Waals surface area (Å²) >= 11 is 0. The van der Waals surface area contributed by atoms with Crippen LogP contribution in [0.5, 0.6) is 0 Å². The Kier molecular flexibility index (Phi) is 5.58. The number of hydrogen-bond donors (Lipinski definition) is 1. The first kappa shape index (κ1) is 11.3. The second kappa shape index (κ2) is 5.91. The molecule has 0 rings (SSSR count). The molecule has 0 aliphatic rings. The normalized spacial score (nSPS) is 10.9. The van der Waals surface area contributed by atoms with Crippen molar-refractivity contribution in [3.8, 4) is 0 Å². The van der Waals surface area contributed by atoms with Crippen molar-refractivity contribution >= 4 is 5.87 Å². The zero-order valence-corrected chi connectivity index (χ0v) is 7.72. The molecule has 0 aromatic heterocycles. The number of methoxy groups -OCH3 is 3. The smallest absolute Gasteiger partial charge is 0.282 e. The molecule has 4 heteroatoms. The van der Waals surface area contributed by atoms with Gasteiger partial charge in [-0.1, -0.05) is 0 Å². The highest BCUT2D eigenvalue weighted by atomic mass is 16.9. The molecule has 0 unspecified atom stereocenters. The molecule has 0 radical (unpaired) electrons. The SMILES string of the molecule is COC(CCC=C=N)(OC)OC. The van der Waals surface area contributed by atoms with Crippen LogP contribution in [0, 0.1) is 5.41 Å². The molecule has 0 aromatic rings. The van der Waals surface area contributed by atoms with E-state index >= 15 is 0 Å². The minimum absolute atomic E-state index is 0.544. The lowest BCUT2D eigenvalue weighted by Gasteiger charge is -2.27. The summed E-state index contributed by atoms with van der Waals surface area (Å²) in [5, 5.41) is 6.65. The highest BCUT2D eigenvalue weighted by Gasteiger charge is 2.27. The van der Waals surface area contributed by atoms with E-state index in [1.165, 1.54) is 21.3 Å². The lowest BCUT2D eigenvalue weighted by atomic mass is 10.2. The molecule has 0 aliphatic carbocycles. The maximum Gasteiger partial charge on any atom is 0.282 e. The molecule has 1 N–H and O–H groups in total. The molecule has 12 heavy (non-hydrogen) atoms. The number of nitrogens with one attached hydrogen (secondary N) is 1. The number of hydrogen-bond acceptors (Lipinski definition) is 4. The minimum Gasteiger partial charge on any atom is -0.331 e. The molecule has 4 nitrogen and oxygen atoms in total. The molecular formula is C8H15NO3. The maximum absolute atomic E-state index is 6.65. The zero-order valence-electron chi connectivity index (χ0n) is 7.72. The summed E-state index contributed by atoms with van der Waals surface area (Å²) in [5.74, 6) is 1.19. The van der Waals surface area contributed by atoms with Crippen LogP contribution in [0.2, 0.25) is 0 Å². The van der Waals surface area contributed by atoms with E-state index in [1.54, 1.807) is 6.08 Å². The second-order valence-electron chi connectivity index (χ2n) is 2.18. The van der Waals surface area contributed by atoms with Crippen LogP contribution in [-0.4, -0.2) is 33.2 Å². The predicted octanol–water partition coefficient (Wildman–Crippen LogP) is 1.16. The van der Waals surface area contributed by atoms with Gasteiger partial charge in [-0.3, -0.25) is 5.41 Å². The summed E-state index contributed by atoms with van der Waals surface area (Å²) in [7, 11) is 4.55. The van der Waals surface area contributed by atoms with E-state index in [1.807, 2.05) is 0 Å². The van der Waals surface area contributed by atoms with Crippen LogP contribution < -0.4 is 0 Å². The van der Waals surface area contributed by atoms with E-state index in [0.29, 0.717) is 12.8 Å². The summed E-state index contributed by atoms with van der Waals surface area (Å²) < 4.78 is 15.1. The lowest BCUT2D eigenvalue weighted by molar-refractivity contribution is -0.354. The fraction of sp³-hybridized carbons (Fsp3) is 0.750. The monoisotopic (exact) mass is 173 g/mol. The predicted molar refractivity (Wildman–Crippen MR) is 45.3 cm³/mol. The van der Waals surface area contributed by atoms with Gasteiger partial charge >= 0.3 is 0 Å². The molecular weight excluding hydrogens is 158 g/mol. The fourth-order valence-corrected chi connectivity index (χ4v) is 0.877. The maximum atomic E-state index is 6.65. The Labute approximate surface area is 72.6 Å². The first-order chi connectivity index (χ1) is 5.74. The summed E-state index contributed by atoms with van der Waals surface area (Å²) in [4.78, 5) is 0. The highest BCUT2D eigenvalue weighted by molar-refractivity contribution is 5.46. The first-order valence-electron chi connectivity index (χ1n) is 3.64. The third-order valence-corrected chi connectivity index (χ3v) is 1.63. The summed E-state index contributed by atoms with van der Waals surface area (Å²) in [6, 6.07) is 0. The van der Waals surface area contributed by atoms with Crippen molar-refractivity contribution in [1.29, 1.82) is 5.41 Å². The van der Waals surface area contributed by atoms with E-state index in [0.717, 1.165) is 0 Å². The van der Waals surface area contributed by atoms with Crippen molar-refractivity contribution in [3.05, 3.63) is 6.08 Å². The summed E-state index contributed by atoms with van der Waals surface area (Å²) in [5.41, 5.74) is 0. The van der Waals surface area contributed by atoms with Crippen molar-refractivity contribution in [2.24, 2.45) is 0 Å². The molecule has 70 valence electrons. The van der Waals surface area contributed by atoms with Gasteiger partial charge in [0.2, 0.25) is 0 Å². The molecule has 0 aliphatic heterocycles. The Morgan fingerprint density at radius 2 is 1.75 bits per heavy atom. The van der Waals surface area contributed by atoms with Crippen molar-refractivity contribution in [2.75, 3.05) is 21.3 Å². The van der Waals surface area contributed by atoms with Gasteiger partial charge in [0, 0.05) is 27.8 Å². The van der Waals surface area contributed by atoms with Gasteiger partial charge in [-0.05, 0) is 18.4 Å². The first-order valence-corrected chi connectivity index (χ1v) is 3.64. The number of rotatable bonds is 6. The average Bonchev–Trinajstić information content (AvgIpc) is 2.14. The van der Waals surface area contributed by atoms with Gasteiger partial charge in [0.1, 0.15) is 0 Å². The molecule has 0 amide bonds. The van der Waals surface area contributed by atoms with Crippen molar-refractivity contribution < 1.29 is 14.2 Å². The lowest BCUT2D eigenvalue weighted by Crippen LogP contribution is -2.35. The third kappa shape index (κ3) is 3.15. The molecule has 0 spiro atoms. The van der Waals surface area contributed by atoms with Gasteiger partial charge in [-0.2, -0.15) is 0 Å². The zero-order chi connectivity index (χ0) is 9.45. The van der Waals surface area contributed by atoms with Gasteiger partial charge in [0.25, 0.3) is 5.97 Å². The van der Waals surface area contributed by atoms with Crippen molar-refractivity contribution in [3.63, 3.8) is 0 Å². The van der Waals surface area contributed by atoms with Crippen LogP contribution in [0.4, 0.5) is 0 Å². The summed E-state index contributed by atoms with van der Waals surface area (Å²) in [6.45, 7) is 0. The Bertz CT molecular complexity index is 151. The van der Waals surface area contributed by atoms with Crippen LogP contribution in [0.15, 0.2) is 6.08 Å².